The minimum absolute atomic E-state index is 0.0425. The molecular weight excluding hydrogens is 523 g/mol. The van der Waals surface area contributed by atoms with Crippen LogP contribution in [0.1, 0.15) is 32.6 Å². The Morgan fingerprint density at radius 2 is 2.00 bits per heavy atom. The van der Waals surface area contributed by atoms with Gasteiger partial charge in [0.1, 0.15) is 4.90 Å². The van der Waals surface area contributed by atoms with Crippen molar-refractivity contribution in [1.82, 2.24) is 9.21 Å². The Morgan fingerprint density at radius 3 is 2.58 bits per heavy atom. The van der Waals surface area contributed by atoms with E-state index < -0.39 is 22.2 Å². The Balaban J connectivity index is 0.000000454. The van der Waals surface area contributed by atoms with Gasteiger partial charge in [0.05, 0.1) is 23.8 Å². The molecule has 4 rings (SSSR count). The molecule has 0 radical (unpaired) electrons. The normalized spacial score (nSPS) is 25.4. The van der Waals surface area contributed by atoms with Crippen molar-refractivity contribution >= 4 is 33.3 Å². The predicted molar refractivity (Wildman–Crippen MR) is 130 cm³/mol. The fraction of sp³-hybridized carbons (Fsp3) is 0.609. The number of hydrogen-bond acceptors (Lipinski definition) is 6. The molecule has 0 amide bonds. The summed E-state index contributed by atoms with van der Waals surface area (Å²) < 4.78 is 66.2. The van der Waals surface area contributed by atoms with Crippen molar-refractivity contribution in [2.24, 2.45) is 0 Å². The van der Waals surface area contributed by atoms with Gasteiger partial charge in [-0.15, -0.1) is 0 Å². The SMILES string of the molecule is CCN1CC[C@@H]2OCCN(S(=O)(=O)c3ccc(NC4C=CCCC4)cc3Cl)[C@@H]2C1.O=C(O)C(F)(F)F. The molecule has 2 heterocycles. The third-order valence-corrected chi connectivity index (χ3v) is 8.84. The lowest BCUT2D eigenvalue weighted by atomic mass is 10.0. The van der Waals surface area contributed by atoms with Crippen LogP contribution in [-0.2, 0) is 19.6 Å². The number of fused-ring (bicyclic) bond motifs is 1. The molecule has 3 atom stereocenters. The van der Waals surface area contributed by atoms with Crippen LogP contribution in [0.25, 0.3) is 0 Å². The highest BCUT2D eigenvalue weighted by Gasteiger charge is 2.43. The van der Waals surface area contributed by atoms with Crippen LogP contribution in [0.4, 0.5) is 18.9 Å². The van der Waals surface area contributed by atoms with Crippen molar-refractivity contribution in [1.29, 1.82) is 0 Å². The molecule has 1 aromatic rings. The highest BCUT2D eigenvalue weighted by molar-refractivity contribution is 7.89. The van der Waals surface area contributed by atoms with Gasteiger partial charge in [0.2, 0.25) is 10.0 Å². The molecule has 0 saturated carbocycles. The average molecular weight is 554 g/mol. The van der Waals surface area contributed by atoms with Crippen LogP contribution in [0.3, 0.4) is 0 Å². The summed E-state index contributed by atoms with van der Waals surface area (Å²) >= 11 is 6.48. The first-order chi connectivity index (χ1) is 16.9. The number of likely N-dealkylation sites (N-methyl/N-ethyl adjacent to an activating group) is 1. The largest absolute Gasteiger partial charge is 0.490 e. The van der Waals surface area contributed by atoms with Gasteiger partial charge in [-0.05, 0) is 50.4 Å². The Kier molecular flexibility index (Phi) is 9.67. The molecule has 2 saturated heterocycles. The van der Waals surface area contributed by atoms with Gasteiger partial charge in [0, 0.05) is 31.4 Å². The lowest BCUT2D eigenvalue weighted by Crippen LogP contribution is -2.61. The molecule has 3 aliphatic rings. The molecule has 1 unspecified atom stereocenters. The van der Waals surface area contributed by atoms with Gasteiger partial charge in [-0.25, -0.2) is 13.2 Å². The third-order valence-electron chi connectivity index (χ3n) is 6.43. The molecule has 202 valence electrons. The minimum Gasteiger partial charge on any atom is -0.475 e. The van der Waals surface area contributed by atoms with Gasteiger partial charge >= 0.3 is 12.1 Å². The van der Waals surface area contributed by atoms with Gasteiger partial charge < -0.3 is 20.1 Å². The van der Waals surface area contributed by atoms with Gasteiger partial charge in [0.15, 0.2) is 0 Å². The number of allylic oxidation sites excluding steroid dienone is 1. The van der Waals surface area contributed by atoms with Gasteiger partial charge in [-0.2, -0.15) is 17.5 Å². The molecule has 2 fully saturated rings. The number of nitrogens with zero attached hydrogens (tertiary/aromatic N) is 2. The summed E-state index contributed by atoms with van der Waals surface area (Å²) in [6.45, 7) is 5.46. The average Bonchev–Trinajstić information content (AvgIpc) is 2.83. The van der Waals surface area contributed by atoms with Crippen molar-refractivity contribution < 1.29 is 36.2 Å². The summed E-state index contributed by atoms with van der Waals surface area (Å²) in [4.78, 5) is 11.4. The number of anilines is 1. The van der Waals surface area contributed by atoms with E-state index in [1.165, 1.54) is 0 Å². The number of carbonyl (C=O) groups is 1. The summed E-state index contributed by atoms with van der Waals surface area (Å²) in [5.74, 6) is -2.76. The van der Waals surface area contributed by atoms with E-state index in [9.17, 15) is 21.6 Å². The second-order valence-corrected chi connectivity index (χ2v) is 11.1. The van der Waals surface area contributed by atoms with E-state index in [1.807, 2.05) is 6.07 Å². The number of nitrogens with one attached hydrogen (secondary N) is 1. The second kappa shape index (κ2) is 12.1. The number of morpholine rings is 1. The zero-order valence-electron chi connectivity index (χ0n) is 19.9. The van der Waals surface area contributed by atoms with Crippen LogP contribution in [0.15, 0.2) is 35.2 Å². The van der Waals surface area contributed by atoms with Crippen LogP contribution < -0.4 is 5.32 Å². The maximum atomic E-state index is 13.5. The van der Waals surface area contributed by atoms with Crippen molar-refractivity contribution in [2.45, 2.75) is 61.9 Å². The van der Waals surface area contributed by atoms with E-state index in [4.69, 9.17) is 26.2 Å². The molecule has 13 heteroatoms. The number of carboxylic acids is 1. The molecule has 0 bridgehead atoms. The smallest absolute Gasteiger partial charge is 0.475 e. The molecule has 0 spiro atoms. The molecule has 1 aromatic carbocycles. The Hall–Kier alpha value is -1.86. The Labute approximate surface area is 214 Å². The number of piperidine rings is 1. The number of hydrogen-bond donors (Lipinski definition) is 2. The first kappa shape index (κ1) is 28.7. The predicted octanol–water partition coefficient (Wildman–Crippen LogP) is 3.98. The van der Waals surface area contributed by atoms with Crippen molar-refractivity contribution in [3.63, 3.8) is 0 Å². The highest BCUT2D eigenvalue weighted by atomic mass is 35.5. The highest BCUT2D eigenvalue weighted by Crippen LogP contribution is 2.33. The zero-order valence-corrected chi connectivity index (χ0v) is 21.4. The van der Waals surface area contributed by atoms with Crippen LogP contribution in [0.2, 0.25) is 5.02 Å². The molecule has 1 aliphatic carbocycles. The number of ether oxygens (including phenoxy) is 1. The monoisotopic (exact) mass is 553 g/mol. The summed E-state index contributed by atoms with van der Waals surface area (Å²) in [7, 11) is -3.69. The maximum absolute atomic E-state index is 13.5. The van der Waals surface area contributed by atoms with E-state index in [-0.39, 0.29) is 28.1 Å². The number of rotatable bonds is 5. The molecule has 2 N–H and O–H groups in total. The number of alkyl halides is 3. The van der Waals surface area contributed by atoms with E-state index in [1.54, 1.807) is 16.4 Å². The van der Waals surface area contributed by atoms with Crippen molar-refractivity contribution in [2.75, 3.05) is 38.1 Å². The molecule has 0 aromatic heterocycles. The number of carboxylic acid groups (broad SMARTS) is 1. The number of likely N-dealkylation sites (tertiary alicyclic amines) is 1. The minimum atomic E-state index is -5.08. The summed E-state index contributed by atoms with van der Waals surface area (Å²) in [6, 6.07) is 5.29. The second-order valence-electron chi connectivity index (χ2n) is 8.83. The Bertz CT molecular complexity index is 1050. The van der Waals surface area contributed by atoms with Gasteiger partial charge in [0.25, 0.3) is 0 Å². The lowest BCUT2D eigenvalue weighted by Gasteiger charge is -2.46. The van der Waals surface area contributed by atoms with Gasteiger partial charge in [-0.3, -0.25) is 0 Å². The first-order valence-electron chi connectivity index (χ1n) is 11.8. The van der Waals surface area contributed by atoms with Gasteiger partial charge in [-0.1, -0.05) is 30.7 Å². The van der Waals surface area contributed by atoms with E-state index in [2.05, 4.69) is 29.3 Å². The van der Waals surface area contributed by atoms with E-state index in [0.29, 0.717) is 19.7 Å². The van der Waals surface area contributed by atoms with Crippen LogP contribution in [-0.4, -0.2) is 85.8 Å². The standard InChI is InChI=1S/C21H30ClN3O3S.C2HF3O2/c1-2-24-11-10-20-19(15-24)25(12-13-28-20)29(26,27)21-9-8-17(14-18(21)22)23-16-6-4-3-5-7-16;3-2(4,5)1(6)7/h4,6,8-9,14,16,19-20,23H,2-3,5,7,10-13,15H2,1H3;(H,6,7)/t16?,19-,20+;/m1./s1. The van der Waals surface area contributed by atoms with E-state index >= 15 is 0 Å². The van der Waals surface area contributed by atoms with Crippen LogP contribution in [0, 0.1) is 0 Å². The molecule has 8 nitrogen and oxygen atoms in total. The summed E-state index contributed by atoms with van der Waals surface area (Å²) in [5, 5.41) is 10.8. The fourth-order valence-corrected chi connectivity index (χ4v) is 6.71. The summed E-state index contributed by atoms with van der Waals surface area (Å²) in [5.41, 5.74) is 0.847. The number of sulfonamides is 1. The first-order valence-corrected chi connectivity index (χ1v) is 13.6. The Morgan fingerprint density at radius 1 is 1.28 bits per heavy atom. The third kappa shape index (κ3) is 7.12. The number of aliphatic carboxylic acids is 1. The zero-order chi connectivity index (χ0) is 26.5. The summed E-state index contributed by atoms with van der Waals surface area (Å²) in [6.07, 6.45) is 3.42. The van der Waals surface area contributed by atoms with Crippen molar-refractivity contribution in [3.8, 4) is 0 Å². The van der Waals surface area contributed by atoms with Crippen LogP contribution in [0.5, 0.6) is 0 Å². The maximum Gasteiger partial charge on any atom is 0.490 e. The van der Waals surface area contributed by atoms with E-state index in [0.717, 1.165) is 44.5 Å². The lowest BCUT2D eigenvalue weighted by molar-refractivity contribution is -0.192. The molecule has 2 aliphatic heterocycles. The van der Waals surface area contributed by atoms with Crippen molar-refractivity contribution in [3.05, 3.63) is 35.4 Å². The number of benzene rings is 1. The molecule has 36 heavy (non-hydrogen) atoms. The van der Waals surface area contributed by atoms with Crippen LogP contribution >= 0.6 is 11.6 Å². The topological polar surface area (TPSA) is 99.2 Å². The fourth-order valence-electron chi connectivity index (χ4n) is 4.56. The molecular formula is C23H31ClF3N3O5S. The quantitative estimate of drug-likeness (QED) is 0.532. The number of halogens is 4.